The first-order chi connectivity index (χ1) is 20.5. The lowest BCUT2D eigenvalue weighted by atomic mass is 10.1. The highest BCUT2D eigenvalue weighted by molar-refractivity contribution is 7.10. The second-order valence-corrected chi connectivity index (χ2v) is 9.92. The number of halogens is 4. The van der Waals surface area contributed by atoms with Crippen LogP contribution in [-0.4, -0.2) is 66.8 Å². The number of nitrogens with one attached hydrogen (secondary N) is 4. The molecule has 0 spiro atoms. The number of rotatable bonds is 9. The molecule has 4 rings (SSSR count). The van der Waals surface area contributed by atoms with Gasteiger partial charge in [-0.25, -0.2) is 18.8 Å². The van der Waals surface area contributed by atoms with Crippen molar-refractivity contribution in [2.45, 2.75) is 12.6 Å². The zero-order chi connectivity index (χ0) is 31.0. The molecule has 2 aromatic carbocycles. The van der Waals surface area contributed by atoms with E-state index in [1.165, 1.54) is 24.3 Å². The van der Waals surface area contributed by atoms with Crippen LogP contribution in [-0.2, 0) is 10.9 Å². The van der Waals surface area contributed by atoms with Crippen molar-refractivity contribution in [2.24, 2.45) is 5.73 Å². The van der Waals surface area contributed by atoms with Crippen molar-refractivity contribution in [3.05, 3.63) is 53.8 Å². The summed E-state index contributed by atoms with van der Waals surface area (Å²) in [5.74, 6) is -1.16. The fraction of sp³-hybridized carbons (Fsp3) is 0.308. The summed E-state index contributed by atoms with van der Waals surface area (Å²) in [4.78, 5) is 38.9. The summed E-state index contributed by atoms with van der Waals surface area (Å²) < 4.78 is 67.3. The average molecular weight is 626 g/mol. The van der Waals surface area contributed by atoms with Crippen LogP contribution in [0.5, 0.6) is 5.75 Å². The predicted molar refractivity (Wildman–Crippen MR) is 151 cm³/mol. The Labute approximate surface area is 246 Å². The Balaban J connectivity index is 1.37. The summed E-state index contributed by atoms with van der Waals surface area (Å²) in [6.45, 7) is 4.24. The van der Waals surface area contributed by atoms with Gasteiger partial charge in [-0.05, 0) is 60.4 Å². The van der Waals surface area contributed by atoms with Gasteiger partial charge in [-0.3, -0.25) is 10.2 Å². The molecule has 3 aromatic rings. The predicted octanol–water partition coefficient (Wildman–Crippen LogP) is 4.91. The number of urea groups is 2. The number of hydrogen-bond donors (Lipinski definition) is 5. The fourth-order valence-corrected chi connectivity index (χ4v) is 4.78. The minimum absolute atomic E-state index is 0.0332. The number of amides is 5. The maximum Gasteiger partial charge on any atom is 0.416 e. The van der Waals surface area contributed by atoms with Gasteiger partial charge < -0.3 is 31.2 Å². The van der Waals surface area contributed by atoms with Gasteiger partial charge in [0.15, 0.2) is 11.6 Å². The van der Waals surface area contributed by atoms with E-state index < -0.39 is 41.4 Å². The Kier molecular flexibility index (Phi) is 10.3. The van der Waals surface area contributed by atoms with Crippen LogP contribution in [0.3, 0.4) is 0 Å². The molecule has 12 nitrogen and oxygen atoms in total. The zero-order valence-corrected chi connectivity index (χ0v) is 23.2. The number of benzene rings is 2. The summed E-state index contributed by atoms with van der Waals surface area (Å²) in [5.41, 5.74) is 4.13. The summed E-state index contributed by atoms with van der Waals surface area (Å²) >= 11 is 0.910. The van der Waals surface area contributed by atoms with Crippen molar-refractivity contribution in [3.8, 4) is 16.2 Å². The van der Waals surface area contributed by atoms with Crippen molar-refractivity contribution in [3.63, 3.8) is 0 Å². The number of hydrogen-bond acceptors (Lipinski definition) is 8. The van der Waals surface area contributed by atoms with Gasteiger partial charge in [-0.2, -0.15) is 17.5 Å². The molecule has 0 saturated carbocycles. The highest BCUT2D eigenvalue weighted by Gasteiger charge is 2.31. The number of alkyl halides is 3. The molecule has 1 aromatic heterocycles. The Morgan fingerprint density at radius 2 is 1.74 bits per heavy atom. The lowest BCUT2D eigenvalue weighted by molar-refractivity contribution is -0.137. The van der Waals surface area contributed by atoms with E-state index in [1.54, 1.807) is 0 Å². The van der Waals surface area contributed by atoms with Crippen molar-refractivity contribution < 1.29 is 41.4 Å². The Morgan fingerprint density at radius 3 is 2.42 bits per heavy atom. The number of anilines is 3. The normalized spacial score (nSPS) is 13.7. The van der Waals surface area contributed by atoms with Crippen LogP contribution in [0.4, 0.5) is 49.1 Å². The van der Waals surface area contributed by atoms with Crippen molar-refractivity contribution in [1.29, 1.82) is 0 Å². The molecule has 0 bridgehead atoms. The lowest BCUT2D eigenvalue weighted by Gasteiger charge is -2.26. The molecule has 17 heteroatoms. The number of ether oxygens (including phenoxy) is 2. The molecule has 1 aliphatic rings. The molecular formula is C26H27F4N7O5S. The van der Waals surface area contributed by atoms with E-state index >= 15 is 0 Å². The molecule has 1 fully saturated rings. The van der Waals surface area contributed by atoms with Crippen LogP contribution >= 0.6 is 11.5 Å². The van der Waals surface area contributed by atoms with Gasteiger partial charge in [0.2, 0.25) is 0 Å². The van der Waals surface area contributed by atoms with E-state index in [-0.39, 0.29) is 17.3 Å². The minimum Gasteiger partial charge on any atom is -0.405 e. The molecule has 1 aliphatic heterocycles. The van der Waals surface area contributed by atoms with Crippen molar-refractivity contribution >= 4 is 46.9 Å². The maximum atomic E-state index is 14.0. The molecule has 0 atom stereocenters. The molecular weight excluding hydrogens is 598 g/mol. The Bertz CT molecular complexity index is 1450. The quantitative estimate of drug-likeness (QED) is 0.167. The summed E-state index contributed by atoms with van der Waals surface area (Å²) in [5, 5.41) is 9.69. The number of aromatic nitrogens is 1. The third kappa shape index (κ3) is 9.00. The molecule has 0 radical (unpaired) electrons. The largest absolute Gasteiger partial charge is 0.416 e. The number of nitrogens with two attached hydrogens (primary N) is 1. The van der Waals surface area contributed by atoms with Crippen LogP contribution in [0.1, 0.15) is 12.0 Å². The number of primary amides is 1. The molecule has 5 amide bonds. The molecule has 43 heavy (non-hydrogen) atoms. The van der Waals surface area contributed by atoms with Crippen LogP contribution < -0.4 is 31.7 Å². The van der Waals surface area contributed by atoms with Crippen molar-refractivity contribution in [1.82, 2.24) is 14.6 Å². The standard InChI is InChI=1S/C26H27F4N7O5S/c27-18-7-4-16(26(28,29)30)14-19(18)34-25(40)33-17-5-2-15(3-6-17)21-20(42-23(31)38)22(36-43-21)35-24(39)32-8-1-9-37-10-12-41-13-11-37/h2-7,14H,1,8-13H2,(H2,31,38)(H2,33,34,40)(H2,32,35,36,39). The van der Waals surface area contributed by atoms with Crippen LogP contribution in [0.2, 0.25) is 0 Å². The number of carbonyl (C=O) groups excluding carboxylic acids is 3. The summed E-state index contributed by atoms with van der Waals surface area (Å²) in [7, 11) is 0. The van der Waals surface area contributed by atoms with Gasteiger partial charge in [0.1, 0.15) is 10.7 Å². The molecule has 0 unspecified atom stereocenters. The van der Waals surface area contributed by atoms with E-state index in [4.69, 9.17) is 15.2 Å². The smallest absolute Gasteiger partial charge is 0.405 e. The van der Waals surface area contributed by atoms with Crippen LogP contribution in [0.25, 0.3) is 10.4 Å². The van der Waals surface area contributed by atoms with Crippen molar-refractivity contribution in [2.75, 3.05) is 55.3 Å². The van der Waals surface area contributed by atoms with Crippen LogP contribution in [0, 0.1) is 5.82 Å². The molecule has 230 valence electrons. The van der Waals surface area contributed by atoms with E-state index in [2.05, 4.69) is 25.2 Å². The van der Waals surface area contributed by atoms with Gasteiger partial charge in [-0.15, -0.1) is 0 Å². The first-order valence-corrected chi connectivity index (χ1v) is 13.6. The number of morpholine rings is 1. The third-order valence-corrected chi connectivity index (χ3v) is 6.95. The SMILES string of the molecule is NC(=O)Oc1c(NC(=O)NCCCN2CCOCC2)nsc1-c1ccc(NC(=O)Nc2cc(C(F)(F)F)ccc2F)cc1. The van der Waals surface area contributed by atoms with E-state index in [0.29, 0.717) is 54.8 Å². The second kappa shape index (κ2) is 14.1. The molecule has 2 heterocycles. The first-order valence-electron chi connectivity index (χ1n) is 12.9. The molecule has 0 aliphatic carbocycles. The Morgan fingerprint density at radius 1 is 1.02 bits per heavy atom. The topological polar surface area (TPSA) is 160 Å². The third-order valence-electron chi connectivity index (χ3n) is 6.07. The average Bonchev–Trinajstić information content (AvgIpc) is 3.33. The second-order valence-electron chi connectivity index (χ2n) is 9.15. The monoisotopic (exact) mass is 625 g/mol. The highest BCUT2D eigenvalue weighted by Crippen LogP contribution is 2.40. The zero-order valence-electron chi connectivity index (χ0n) is 22.4. The molecule has 6 N–H and O–H groups in total. The van der Waals surface area contributed by atoms with E-state index in [9.17, 15) is 31.9 Å². The minimum atomic E-state index is -4.72. The fourth-order valence-electron chi connectivity index (χ4n) is 4.01. The summed E-state index contributed by atoms with van der Waals surface area (Å²) in [6.07, 6.45) is -5.13. The number of carbonyl (C=O) groups is 3. The van der Waals surface area contributed by atoms with Gasteiger partial charge in [0.25, 0.3) is 0 Å². The molecule has 1 saturated heterocycles. The first kappa shape index (κ1) is 31.5. The highest BCUT2D eigenvalue weighted by atomic mass is 32.1. The van der Waals surface area contributed by atoms with Gasteiger partial charge in [-0.1, -0.05) is 12.1 Å². The van der Waals surface area contributed by atoms with Gasteiger partial charge in [0.05, 0.1) is 24.5 Å². The van der Waals surface area contributed by atoms with Gasteiger partial charge >= 0.3 is 24.3 Å². The van der Waals surface area contributed by atoms with E-state index in [0.717, 1.165) is 31.2 Å². The van der Waals surface area contributed by atoms with Gasteiger partial charge in [0, 0.05) is 25.3 Å². The Hall–Kier alpha value is -4.48. The lowest BCUT2D eigenvalue weighted by Crippen LogP contribution is -2.38. The summed E-state index contributed by atoms with van der Waals surface area (Å²) in [6, 6.07) is 6.05. The van der Waals surface area contributed by atoms with E-state index in [1.807, 2.05) is 5.32 Å². The maximum absolute atomic E-state index is 14.0. The number of nitrogens with zero attached hydrogens (tertiary/aromatic N) is 2. The van der Waals surface area contributed by atoms with Crippen LogP contribution in [0.15, 0.2) is 42.5 Å².